The molecule has 8 rings (SSSR count). The number of alkyl halides is 2. The molecule has 5 aromatic rings. The van der Waals surface area contributed by atoms with E-state index >= 15 is 0 Å². The fourth-order valence-electron chi connectivity index (χ4n) is 13.1. The number of halogens is 2. The van der Waals surface area contributed by atoms with Crippen LogP contribution in [0.5, 0.6) is 11.5 Å². The number of carbonyl (C=O) groups excluding carboxylic acids is 10. The standard InChI is InChI=1S/C72H93Cl2N9O18S2/c1-37(2)60(79-68(94)44(26-40(5)84)14-10-11-22-76-42(7)86)51(87)27-45(15-13-23-77-70(75)95)67(93)78-48-20-18-43(19-21-48)34-98-71(96)80(8)24-25-81(9)72(97)100-53-29-50-59(57-39(4)36-103-66(53)57)47(31-74)33-83(50)55(89)17-12-16-54(88)82-32-46(30-73)58-49(82)28-52(65-56(58)38(3)35-102-65)99-69-63(92)61(90)62(91)64(101-69)41(6)85/h18-21,28-29,35-37,44-47,60-64,69,85,90-92H,6,10-17,22-27,30-34H2,1-5,7-9H3,(H,76,86)(H,78,93)(H,79,94)(H3,75,77,95)/t44-,45-,46-,47-,60+,61+,62+,63-,64-,69-/m1/s1. The van der Waals surface area contributed by atoms with Crippen LogP contribution in [0.4, 0.5) is 31.4 Å². The van der Waals surface area contributed by atoms with Gasteiger partial charge in [0.05, 0.1) is 26.8 Å². The zero-order valence-electron chi connectivity index (χ0n) is 59.1. The normalized spacial score (nSPS) is 19.2. The van der Waals surface area contributed by atoms with Crippen molar-refractivity contribution in [3.63, 3.8) is 0 Å². The molecule has 560 valence electrons. The number of unbranched alkanes of at least 4 members (excludes halogenated alkanes) is 1. The van der Waals surface area contributed by atoms with Gasteiger partial charge in [0.25, 0.3) is 0 Å². The number of ketones is 2. The first-order chi connectivity index (χ1) is 48.9. The van der Waals surface area contributed by atoms with E-state index in [1.807, 2.05) is 24.6 Å². The number of thiophene rings is 2. The minimum Gasteiger partial charge on any atom is -0.510 e. The van der Waals surface area contributed by atoms with Crippen molar-refractivity contribution in [2.75, 3.05) is 80.2 Å². The summed E-state index contributed by atoms with van der Waals surface area (Å²) < 4.78 is 24.9. The highest BCUT2D eigenvalue weighted by Crippen LogP contribution is 2.51. The minimum atomic E-state index is -1.75. The van der Waals surface area contributed by atoms with Gasteiger partial charge < -0.3 is 90.8 Å². The molecule has 1 fully saturated rings. The van der Waals surface area contributed by atoms with E-state index in [9.17, 15) is 68.4 Å². The lowest BCUT2D eigenvalue weighted by Gasteiger charge is -2.39. The molecule has 31 heteroatoms. The maximum atomic E-state index is 14.4. The van der Waals surface area contributed by atoms with Crippen molar-refractivity contribution < 1.29 is 87.3 Å². The summed E-state index contributed by atoms with van der Waals surface area (Å²) in [4.78, 5) is 138. The number of nitrogens with two attached hydrogens (primary N) is 1. The topological polar surface area (TPSA) is 376 Å². The molecule has 5 heterocycles. The van der Waals surface area contributed by atoms with E-state index in [-0.39, 0.29) is 142 Å². The molecule has 3 aromatic carbocycles. The van der Waals surface area contributed by atoms with Gasteiger partial charge in [0.2, 0.25) is 35.8 Å². The highest BCUT2D eigenvalue weighted by Gasteiger charge is 2.47. The Balaban J connectivity index is 0.845. The number of aliphatic hydroxyl groups excluding tert-OH is 4. The van der Waals surface area contributed by atoms with Crippen LogP contribution >= 0.6 is 45.9 Å². The number of hydrogen-bond acceptors (Lipinski definition) is 20. The lowest BCUT2D eigenvalue weighted by molar-refractivity contribution is -0.268. The Labute approximate surface area is 615 Å². The highest BCUT2D eigenvalue weighted by molar-refractivity contribution is 7.18. The fourth-order valence-corrected chi connectivity index (χ4v) is 15.7. The molecule has 0 saturated carbocycles. The molecule has 103 heavy (non-hydrogen) atoms. The second-order valence-corrected chi connectivity index (χ2v) is 29.4. The number of Topliss-reactive ketones (excluding diaryl/α,β-unsaturated/α-hetero) is 2. The number of fused-ring (bicyclic) bond motifs is 6. The number of aryl methyl sites for hydroxylation is 2. The van der Waals surface area contributed by atoms with E-state index in [1.54, 1.807) is 60.0 Å². The molecule has 2 aromatic heterocycles. The number of nitrogens with one attached hydrogen (secondary N) is 4. The Bertz CT molecular complexity index is 3960. The van der Waals surface area contributed by atoms with Crippen molar-refractivity contribution in [2.45, 2.75) is 161 Å². The Morgan fingerprint density at radius 2 is 1.26 bits per heavy atom. The molecule has 9 amide bonds. The van der Waals surface area contributed by atoms with Crippen LogP contribution in [-0.4, -0.2) is 191 Å². The molecular weight excluding hydrogens is 1410 g/mol. The highest BCUT2D eigenvalue weighted by atomic mass is 35.5. The third-order valence-electron chi connectivity index (χ3n) is 18.7. The maximum absolute atomic E-state index is 14.4. The summed E-state index contributed by atoms with van der Waals surface area (Å²) in [7, 11) is 3.03. The number of urea groups is 1. The Hall–Kier alpha value is -8.16. The van der Waals surface area contributed by atoms with Crippen LogP contribution in [0.15, 0.2) is 59.5 Å². The quantitative estimate of drug-likeness (QED) is 0.0105. The van der Waals surface area contributed by atoms with Crippen molar-refractivity contribution in [3.8, 4) is 11.5 Å². The lowest BCUT2D eigenvalue weighted by Crippen LogP contribution is -2.59. The Morgan fingerprint density at radius 3 is 1.81 bits per heavy atom. The second kappa shape index (κ2) is 36.5. The number of aliphatic hydroxyl groups is 4. The van der Waals surface area contributed by atoms with Gasteiger partial charge in [-0.25, -0.2) is 14.4 Å². The number of hydrogen-bond donors (Lipinski definition) is 9. The molecule has 0 spiro atoms. The number of likely N-dealkylation sites (N-methyl/N-ethyl adjacent to an activating group) is 2. The van der Waals surface area contributed by atoms with E-state index in [2.05, 4.69) is 27.8 Å². The van der Waals surface area contributed by atoms with Gasteiger partial charge in [0, 0.05) is 150 Å². The fraction of sp³-hybridized carbons (Fsp3) is 0.528. The number of amides is 9. The summed E-state index contributed by atoms with van der Waals surface area (Å²) in [6, 6.07) is 8.10. The number of benzene rings is 3. The van der Waals surface area contributed by atoms with Crippen molar-refractivity contribution in [1.82, 2.24) is 25.8 Å². The first-order valence-corrected chi connectivity index (χ1v) is 37.1. The van der Waals surface area contributed by atoms with Gasteiger partial charge in [-0.15, -0.1) is 45.9 Å². The van der Waals surface area contributed by atoms with Crippen LogP contribution in [0.3, 0.4) is 0 Å². The largest absolute Gasteiger partial charge is 0.510 e. The van der Waals surface area contributed by atoms with Crippen molar-refractivity contribution >= 4 is 142 Å². The molecule has 3 aliphatic rings. The molecule has 3 aliphatic heterocycles. The number of primary amides is 1. The molecule has 27 nitrogen and oxygen atoms in total. The van der Waals surface area contributed by atoms with Gasteiger partial charge in [0.15, 0.2) is 11.5 Å². The van der Waals surface area contributed by atoms with Crippen LogP contribution in [0, 0.1) is 31.6 Å². The summed E-state index contributed by atoms with van der Waals surface area (Å²) in [5, 5.41) is 58.5. The predicted molar refractivity (Wildman–Crippen MR) is 392 cm³/mol. The van der Waals surface area contributed by atoms with Crippen molar-refractivity contribution in [1.29, 1.82) is 0 Å². The number of nitrogens with zero attached hydrogens (tertiary/aromatic N) is 4. The SMILES string of the molecule is C=C(O)[C@H]1O[C@@H](Oc2cc3c(c4c(C)csc24)[C@H](CCl)CN3C(=O)CCCC(=O)N2C[C@@H](CCl)c3c2cc(OC(=O)N(C)CCN(C)C(=O)OCc2ccc(NC(=O)[C@H](CCCNC(N)=O)CC(=O)[C@@H](NC(=O)[C@H](CCCCNC(C)=O)CC(C)=O)C(C)C)cc2)c2scc(C)c32)[C@H](O)[C@@H](O)[C@@H]1O. The van der Waals surface area contributed by atoms with E-state index < -0.39 is 90.2 Å². The Morgan fingerprint density at radius 1 is 0.718 bits per heavy atom. The summed E-state index contributed by atoms with van der Waals surface area (Å²) in [6.07, 6.45) is -7.78. The summed E-state index contributed by atoms with van der Waals surface area (Å²) in [5.41, 5.74) is 10.7. The van der Waals surface area contributed by atoms with E-state index in [1.165, 1.54) is 60.4 Å². The van der Waals surface area contributed by atoms with Crippen LogP contribution in [-0.2, 0) is 49.6 Å². The zero-order chi connectivity index (χ0) is 75.3. The molecule has 0 radical (unpaired) electrons. The van der Waals surface area contributed by atoms with Crippen LogP contribution in [0.25, 0.3) is 20.2 Å². The summed E-state index contributed by atoms with van der Waals surface area (Å²) >= 11 is 16.0. The number of ether oxygens (including phenoxy) is 4. The van der Waals surface area contributed by atoms with Crippen molar-refractivity contribution in [2.24, 2.45) is 23.5 Å². The molecule has 0 bridgehead atoms. The van der Waals surface area contributed by atoms with Crippen LogP contribution in [0.1, 0.15) is 132 Å². The molecule has 10 N–H and O–H groups in total. The predicted octanol–water partition coefficient (Wildman–Crippen LogP) is 8.90. The molecule has 0 unspecified atom stereocenters. The average molecular weight is 1510 g/mol. The molecular formula is C72H93Cl2N9O18S2. The van der Waals surface area contributed by atoms with Gasteiger partial charge in [-0.05, 0) is 110 Å². The van der Waals surface area contributed by atoms with Gasteiger partial charge in [-0.3, -0.25) is 28.8 Å². The van der Waals surface area contributed by atoms with Crippen LogP contribution in [0.2, 0.25) is 0 Å². The summed E-state index contributed by atoms with van der Waals surface area (Å²) in [6.45, 7) is 14.6. The first-order valence-electron chi connectivity index (χ1n) is 34.3. The average Bonchev–Trinajstić information content (AvgIpc) is 1.59. The molecule has 10 atom stereocenters. The number of anilines is 3. The third kappa shape index (κ3) is 20.0. The van der Waals surface area contributed by atoms with Crippen molar-refractivity contribution in [3.05, 3.63) is 87.3 Å². The monoisotopic (exact) mass is 1510 g/mol. The lowest BCUT2D eigenvalue weighted by atomic mass is 9.88. The van der Waals surface area contributed by atoms with E-state index in [0.717, 1.165) is 33.0 Å². The third-order valence-corrected chi connectivity index (χ3v) is 21.7. The smallest absolute Gasteiger partial charge is 0.415 e. The molecule has 0 aliphatic carbocycles. The second-order valence-electron chi connectivity index (χ2n) is 27.0. The number of carbonyl (C=O) groups is 10. The van der Waals surface area contributed by atoms with E-state index in [0.29, 0.717) is 64.3 Å². The number of rotatable bonds is 34. The van der Waals surface area contributed by atoms with Crippen LogP contribution < -0.4 is 46.3 Å². The molecule has 1 saturated heterocycles. The first kappa shape index (κ1) is 80.5. The Kier molecular flexibility index (Phi) is 28.5. The summed E-state index contributed by atoms with van der Waals surface area (Å²) in [5.74, 6) is -4.53. The van der Waals surface area contributed by atoms with Gasteiger partial charge in [-0.1, -0.05) is 39.0 Å². The van der Waals surface area contributed by atoms with Gasteiger partial charge in [0.1, 0.15) is 48.3 Å². The van der Waals surface area contributed by atoms with Gasteiger partial charge >= 0.3 is 18.2 Å². The zero-order valence-corrected chi connectivity index (χ0v) is 62.2. The minimum absolute atomic E-state index is 0.0254. The van der Waals surface area contributed by atoms with Gasteiger partial charge in [-0.2, -0.15) is 0 Å². The van der Waals surface area contributed by atoms with E-state index in [4.69, 9.17) is 47.9 Å². The maximum Gasteiger partial charge on any atom is 0.415 e.